The number of unbranched alkanes of at least 4 members (excludes halogenated alkanes) is 43. The first-order chi connectivity index (χ1) is 48.1. The summed E-state index contributed by atoms with van der Waals surface area (Å²) in [6.07, 6.45) is 56.9. The van der Waals surface area contributed by atoms with Gasteiger partial charge >= 0.3 is 39.5 Å². The van der Waals surface area contributed by atoms with Crippen LogP contribution in [-0.4, -0.2) is 96.7 Å². The molecule has 0 aliphatic carbocycles. The summed E-state index contributed by atoms with van der Waals surface area (Å²) in [6, 6.07) is 0. The van der Waals surface area contributed by atoms with Crippen molar-refractivity contribution in [2.45, 2.75) is 433 Å². The summed E-state index contributed by atoms with van der Waals surface area (Å²) in [7, 11) is -9.92. The maximum atomic E-state index is 13.1. The molecule has 0 rings (SSSR count). The smallest absolute Gasteiger partial charge is 0.462 e. The minimum Gasteiger partial charge on any atom is -0.462 e. The predicted molar refractivity (Wildman–Crippen MR) is 409 cm³/mol. The summed E-state index contributed by atoms with van der Waals surface area (Å²) < 4.78 is 68.7. The zero-order chi connectivity index (χ0) is 73.8. The zero-order valence-corrected chi connectivity index (χ0v) is 67.6. The molecule has 0 saturated heterocycles. The van der Waals surface area contributed by atoms with Gasteiger partial charge < -0.3 is 33.8 Å². The van der Waals surface area contributed by atoms with Gasteiger partial charge in [0.1, 0.15) is 19.3 Å². The van der Waals surface area contributed by atoms with Crippen LogP contribution in [0.25, 0.3) is 0 Å². The Bertz CT molecular complexity index is 1960. The molecule has 0 saturated carbocycles. The monoisotopic (exact) mass is 1470 g/mol. The van der Waals surface area contributed by atoms with Crippen molar-refractivity contribution < 1.29 is 80.2 Å². The van der Waals surface area contributed by atoms with Gasteiger partial charge in [0.2, 0.25) is 0 Å². The molecule has 0 aromatic heterocycles. The third-order valence-electron chi connectivity index (χ3n) is 19.2. The number of aliphatic hydroxyl groups is 1. The molecular weight excluding hydrogens is 1310 g/mol. The van der Waals surface area contributed by atoms with Crippen LogP contribution in [0.15, 0.2) is 0 Å². The molecule has 3 unspecified atom stereocenters. The van der Waals surface area contributed by atoms with E-state index in [9.17, 15) is 43.2 Å². The molecule has 19 heteroatoms. The SMILES string of the molecule is CCC(C)CCCCCCCCC(=O)OC[C@H](COP(=O)(O)OC[C@H](O)COP(=O)(O)OC[C@@H](COC(=O)CCCCCCCCCCCCC(C)C)OC(=O)CCCCCCCCCCCCCCCCCCC(C)C)OC(=O)CCCCCCCCCCCCCCCCCC(C)C. The van der Waals surface area contributed by atoms with Crippen LogP contribution in [0, 0.1) is 23.7 Å². The highest BCUT2D eigenvalue weighted by Gasteiger charge is 2.30. The van der Waals surface area contributed by atoms with Crippen molar-refractivity contribution in [2.24, 2.45) is 23.7 Å². The molecule has 0 aliphatic heterocycles. The van der Waals surface area contributed by atoms with E-state index in [4.69, 9.17) is 37.0 Å². The first kappa shape index (κ1) is 98.1. The van der Waals surface area contributed by atoms with E-state index in [-0.39, 0.29) is 25.7 Å². The molecule has 0 aromatic carbocycles. The first-order valence-corrected chi connectivity index (χ1v) is 44.7. The Kier molecular flexibility index (Phi) is 68.7. The number of ether oxygens (including phenoxy) is 4. The van der Waals surface area contributed by atoms with Crippen molar-refractivity contribution >= 4 is 39.5 Å². The van der Waals surface area contributed by atoms with Gasteiger partial charge in [-0.25, -0.2) is 9.13 Å². The fourth-order valence-corrected chi connectivity index (χ4v) is 14.0. The summed E-state index contributed by atoms with van der Waals surface area (Å²) in [6.45, 7) is 14.3. The zero-order valence-electron chi connectivity index (χ0n) is 65.8. The third kappa shape index (κ3) is 73.0. The second-order valence-corrected chi connectivity index (χ2v) is 33.7. The summed E-state index contributed by atoms with van der Waals surface area (Å²) in [5, 5.41) is 10.6. The highest BCUT2D eigenvalue weighted by Crippen LogP contribution is 2.45. The fourth-order valence-electron chi connectivity index (χ4n) is 12.4. The number of hydrogen-bond donors (Lipinski definition) is 3. The molecule has 0 amide bonds. The summed E-state index contributed by atoms with van der Waals surface area (Å²) in [4.78, 5) is 73.0. The van der Waals surface area contributed by atoms with Gasteiger partial charge in [0.05, 0.1) is 26.4 Å². The van der Waals surface area contributed by atoms with Gasteiger partial charge in [0.15, 0.2) is 12.2 Å². The van der Waals surface area contributed by atoms with Crippen molar-refractivity contribution in [3.8, 4) is 0 Å². The molecule has 3 N–H and O–H groups in total. The number of aliphatic hydroxyl groups excluding tert-OH is 1. The molecule has 594 valence electrons. The van der Waals surface area contributed by atoms with E-state index < -0.39 is 97.5 Å². The van der Waals surface area contributed by atoms with Crippen LogP contribution >= 0.6 is 15.6 Å². The van der Waals surface area contributed by atoms with Crippen LogP contribution in [0.5, 0.6) is 0 Å². The molecule has 0 fully saturated rings. The average molecular weight is 1470 g/mol. The van der Waals surface area contributed by atoms with Crippen molar-refractivity contribution in [2.75, 3.05) is 39.6 Å². The van der Waals surface area contributed by atoms with E-state index in [1.54, 1.807) is 0 Å². The molecular formula is C81H158O17P2. The first-order valence-electron chi connectivity index (χ1n) is 41.7. The summed E-state index contributed by atoms with van der Waals surface area (Å²) in [5.74, 6) is 0.986. The molecule has 0 radical (unpaired) electrons. The van der Waals surface area contributed by atoms with Crippen molar-refractivity contribution in [1.82, 2.24) is 0 Å². The van der Waals surface area contributed by atoms with E-state index in [1.807, 2.05) is 0 Å². The van der Waals surface area contributed by atoms with E-state index >= 15 is 0 Å². The van der Waals surface area contributed by atoms with Gasteiger partial charge in [-0.2, -0.15) is 0 Å². The van der Waals surface area contributed by atoms with Crippen LogP contribution in [0.1, 0.15) is 415 Å². The van der Waals surface area contributed by atoms with Crippen molar-refractivity contribution in [3.63, 3.8) is 0 Å². The highest BCUT2D eigenvalue weighted by atomic mass is 31.2. The van der Waals surface area contributed by atoms with E-state index in [0.717, 1.165) is 120 Å². The van der Waals surface area contributed by atoms with Gasteiger partial charge in [-0.1, -0.05) is 364 Å². The van der Waals surface area contributed by atoms with E-state index in [2.05, 4.69) is 55.4 Å². The standard InChI is InChI=1S/C81H158O17P2/c1-9-74(8)60-52-44-39-40-46-54-62-79(84)92-68-77(98-81(86)64-56-48-38-32-24-20-16-12-14-18-22-28-34-42-50-58-72(4)5)70-96-100(89,90)94-66-75(82)65-93-99(87,88)95-69-76(67-91-78(83)61-53-45-36-30-26-25-29-35-43-51-59-73(6)7)97-80(85)63-55-47-37-31-23-19-15-11-10-13-17-21-27-33-41-49-57-71(2)3/h71-77,82H,9-70H2,1-8H3,(H,87,88)(H,89,90)/t74?,75-,76-,77-/m1/s1. The normalized spacial score (nSPS) is 14.3. The summed E-state index contributed by atoms with van der Waals surface area (Å²) in [5.41, 5.74) is 0. The van der Waals surface area contributed by atoms with Crippen LogP contribution < -0.4 is 0 Å². The molecule has 0 bridgehead atoms. The van der Waals surface area contributed by atoms with Crippen LogP contribution in [-0.2, 0) is 65.4 Å². The lowest BCUT2D eigenvalue weighted by molar-refractivity contribution is -0.161. The molecule has 0 spiro atoms. The van der Waals surface area contributed by atoms with Crippen molar-refractivity contribution in [1.29, 1.82) is 0 Å². The average Bonchev–Trinajstić information content (AvgIpc) is 0.953. The molecule has 0 aliphatic rings. The second kappa shape index (κ2) is 70.1. The van der Waals surface area contributed by atoms with Crippen molar-refractivity contribution in [3.05, 3.63) is 0 Å². The number of phosphoric ester groups is 2. The molecule has 6 atom stereocenters. The van der Waals surface area contributed by atoms with Gasteiger partial charge in [-0.3, -0.25) is 37.3 Å². The summed E-state index contributed by atoms with van der Waals surface area (Å²) >= 11 is 0. The number of esters is 4. The van der Waals surface area contributed by atoms with E-state index in [1.165, 1.54) is 212 Å². The van der Waals surface area contributed by atoms with E-state index in [0.29, 0.717) is 25.7 Å². The Balaban J connectivity index is 5.23. The Morgan fingerprint density at radius 3 is 0.710 bits per heavy atom. The number of phosphoric acid groups is 2. The van der Waals surface area contributed by atoms with Crippen LogP contribution in [0.2, 0.25) is 0 Å². The Labute approximate surface area is 613 Å². The lowest BCUT2D eigenvalue weighted by Crippen LogP contribution is -2.30. The molecule has 0 aromatic rings. The highest BCUT2D eigenvalue weighted by molar-refractivity contribution is 7.47. The Morgan fingerprint density at radius 1 is 0.280 bits per heavy atom. The Hall–Kier alpha value is -1.94. The van der Waals surface area contributed by atoms with Gasteiger partial charge in [-0.15, -0.1) is 0 Å². The number of carbonyl (C=O) groups excluding carboxylic acids is 4. The topological polar surface area (TPSA) is 237 Å². The molecule has 17 nitrogen and oxygen atoms in total. The number of rotatable bonds is 78. The largest absolute Gasteiger partial charge is 0.472 e. The lowest BCUT2D eigenvalue weighted by Gasteiger charge is -2.21. The van der Waals surface area contributed by atoms with Crippen LogP contribution in [0.3, 0.4) is 0 Å². The fraction of sp³-hybridized carbons (Fsp3) is 0.951. The van der Waals surface area contributed by atoms with Gasteiger partial charge in [-0.05, 0) is 49.4 Å². The molecule has 0 heterocycles. The van der Waals surface area contributed by atoms with Gasteiger partial charge in [0.25, 0.3) is 0 Å². The predicted octanol–water partition coefficient (Wildman–Crippen LogP) is 24.0. The minimum atomic E-state index is -4.96. The minimum absolute atomic E-state index is 0.107. The molecule has 100 heavy (non-hydrogen) atoms. The quantitative estimate of drug-likeness (QED) is 0.0222. The maximum absolute atomic E-state index is 13.1. The van der Waals surface area contributed by atoms with Gasteiger partial charge in [0, 0.05) is 25.7 Å². The Morgan fingerprint density at radius 2 is 0.480 bits per heavy atom. The number of hydrogen-bond acceptors (Lipinski definition) is 15. The second-order valence-electron chi connectivity index (χ2n) is 30.8. The maximum Gasteiger partial charge on any atom is 0.472 e. The third-order valence-corrected chi connectivity index (χ3v) is 21.1. The van der Waals surface area contributed by atoms with Crippen LogP contribution in [0.4, 0.5) is 0 Å². The lowest BCUT2D eigenvalue weighted by atomic mass is 10.00. The number of carbonyl (C=O) groups is 4.